The van der Waals surface area contributed by atoms with E-state index in [1.807, 2.05) is 24.3 Å². The van der Waals surface area contributed by atoms with Gasteiger partial charge in [0.05, 0.1) is 12.2 Å². The Bertz CT molecular complexity index is 1200. The molecule has 2 N–H and O–H groups in total. The number of carbonyl (C=O) groups is 1. The van der Waals surface area contributed by atoms with Gasteiger partial charge in [0.25, 0.3) is 0 Å². The second-order valence-corrected chi connectivity index (χ2v) is 17.5. The zero-order chi connectivity index (χ0) is 24.5. The fourth-order valence-corrected chi connectivity index (χ4v) is 11.5. The summed E-state index contributed by atoms with van der Waals surface area (Å²) in [5.74, 6) is 2.43. The van der Waals surface area contributed by atoms with Crippen LogP contribution >= 0.6 is 20.1 Å². The molecule has 4 rings (SSSR count). The second-order valence-electron chi connectivity index (χ2n) is 9.67. The molecule has 1 heterocycles. The lowest BCUT2D eigenvalue weighted by Crippen LogP contribution is -2.19. The van der Waals surface area contributed by atoms with E-state index in [4.69, 9.17) is 4.74 Å². The summed E-state index contributed by atoms with van der Waals surface area (Å²) in [6.07, 6.45) is 10.3. The lowest BCUT2D eigenvalue weighted by atomic mass is 9.97. The molecule has 0 unspecified atom stereocenters. The van der Waals surface area contributed by atoms with Crippen molar-refractivity contribution in [1.29, 1.82) is 0 Å². The van der Waals surface area contributed by atoms with Crippen molar-refractivity contribution in [3.05, 3.63) is 66.2 Å². The average Bonchev–Trinajstić information content (AvgIpc) is 2.82. The van der Waals surface area contributed by atoms with Crippen LogP contribution in [0.4, 0.5) is 0 Å². The summed E-state index contributed by atoms with van der Waals surface area (Å²) in [5, 5.41) is 18.4. The maximum absolute atomic E-state index is 11.2. The monoisotopic (exact) mass is 498 g/mol. The Morgan fingerprint density at radius 3 is 2.09 bits per heavy atom. The number of aromatic carboxylic acids is 1. The molecule has 3 aromatic rings. The predicted octanol–water partition coefficient (Wildman–Crippen LogP) is 6.34. The standard InChI is InChI=1S/C28H34O4S2/c1-33(2)16-17-34(3,4)27-19-23(11-13-26(27)33)24-18-22(10-12-25(24)32-15-5-14-29)20-6-8-21(9-7-20)28(30)31/h6-13,18-19,29H,5,14-17H2,1-4H3,(H,30,31). The molecule has 0 aliphatic carbocycles. The molecular formula is C28H34O4S2. The van der Waals surface area contributed by atoms with Crippen molar-refractivity contribution in [3.63, 3.8) is 0 Å². The summed E-state index contributed by atoms with van der Waals surface area (Å²) < 4.78 is 6.08. The first-order chi connectivity index (χ1) is 16.1. The van der Waals surface area contributed by atoms with E-state index in [0.717, 1.165) is 28.0 Å². The van der Waals surface area contributed by atoms with E-state index >= 15 is 0 Å². The fraction of sp³-hybridized carbons (Fsp3) is 0.321. The number of ether oxygens (including phenoxy) is 1. The quantitative estimate of drug-likeness (QED) is 0.373. The smallest absolute Gasteiger partial charge is 0.335 e. The third kappa shape index (κ3) is 4.99. The molecular weight excluding hydrogens is 464 g/mol. The van der Waals surface area contributed by atoms with Crippen LogP contribution in [0.25, 0.3) is 22.3 Å². The van der Waals surface area contributed by atoms with Gasteiger partial charge in [0.15, 0.2) is 0 Å². The molecule has 6 heteroatoms. The van der Waals surface area contributed by atoms with Gasteiger partial charge in [-0.15, -0.1) is 0 Å². The molecule has 1 aliphatic rings. The summed E-state index contributed by atoms with van der Waals surface area (Å²) >= 11 is 0. The maximum Gasteiger partial charge on any atom is 0.335 e. The molecule has 4 nitrogen and oxygen atoms in total. The number of carboxylic acids is 1. The van der Waals surface area contributed by atoms with Crippen LogP contribution < -0.4 is 4.74 Å². The van der Waals surface area contributed by atoms with Crippen LogP contribution in [0.5, 0.6) is 5.75 Å². The molecule has 182 valence electrons. The van der Waals surface area contributed by atoms with E-state index in [0.29, 0.717) is 13.0 Å². The van der Waals surface area contributed by atoms with Crippen molar-refractivity contribution < 1.29 is 19.7 Å². The van der Waals surface area contributed by atoms with Crippen molar-refractivity contribution in [2.75, 3.05) is 49.7 Å². The Morgan fingerprint density at radius 1 is 0.824 bits per heavy atom. The molecule has 34 heavy (non-hydrogen) atoms. The number of rotatable bonds is 7. The van der Waals surface area contributed by atoms with E-state index in [2.05, 4.69) is 49.3 Å². The van der Waals surface area contributed by atoms with E-state index in [-0.39, 0.29) is 12.2 Å². The number of carboxylic acid groups (broad SMARTS) is 1. The van der Waals surface area contributed by atoms with Gasteiger partial charge in [0.1, 0.15) is 5.75 Å². The van der Waals surface area contributed by atoms with Gasteiger partial charge in [-0.1, -0.05) is 24.3 Å². The SMILES string of the molecule is CS1(C)CCS(C)(C)c2cc(-c3cc(-c4ccc(C(=O)O)cc4)ccc3OCCCO)ccc21. The number of hydrogen-bond donors (Lipinski definition) is 2. The first-order valence-electron chi connectivity index (χ1n) is 11.4. The van der Waals surface area contributed by atoms with Crippen molar-refractivity contribution >= 4 is 26.0 Å². The zero-order valence-electron chi connectivity index (χ0n) is 20.3. The van der Waals surface area contributed by atoms with Gasteiger partial charge in [0, 0.05) is 28.4 Å². The molecule has 0 aromatic heterocycles. The summed E-state index contributed by atoms with van der Waals surface area (Å²) in [6.45, 7) is 0.548. The predicted molar refractivity (Wildman–Crippen MR) is 147 cm³/mol. The minimum Gasteiger partial charge on any atom is -0.493 e. The maximum atomic E-state index is 11.2. The zero-order valence-corrected chi connectivity index (χ0v) is 22.0. The molecule has 0 saturated carbocycles. The van der Waals surface area contributed by atoms with Crippen LogP contribution in [-0.4, -0.2) is 65.9 Å². The van der Waals surface area contributed by atoms with Gasteiger partial charge in [-0.3, -0.25) is 0 Å². The topological polar surface area (TPSA) is 66.8 Å². The van der Waals surface area contributed by atoms with Gasteiger partial charge in [0.2, 0.25) is 0 Å². The molecule has 0 radical (unpaired) electrons. The number of aliphatic hydroxyl groups excluding tert-OH is 1. The van der Waals surface area contributed by atoms with Gasteiger partial charge >= 0.3 is 5.97 Å². The van der Waals surface area contributed by atoms with Crippen molar-refractivity contribution in [3.8, 4) is 28.0 Å². The third-order valence-electron chi connectivity index (χ3n) is 6.55. The van der Waals surface area contributed by atoms with Gasteiger partial charge in [-0.05, 0) is 89.6 Å². The Morgan fingerprint density at radius 2 is 1.44 bits per heavy atom. The van der Waals surface area contributed by atoms with Gasteiger partial charge in [-0.2, -0.15) is 0 Å². The molecule has 0 saturated heterocycles. The highest BCUT2D eigenvalue weighted by molar-refractivity contribution is 8.38. The van der Waals surface area contributed by atoms with Crippen molar-refractivity contribution in [2.24, 2.45) is 0 Å². The Hall–Kier alpha value is -2.41. The molecule has 0 spiro atoms. The van der Waals surface area contributed by atoms with Crippen LogP contribution in [0.2, 0.25) is 0 Å². The molecule has 0 amide bonds. The van der Waals surface area contributed by atoms with Crippen LogP contribution in [0.3, 0.4) is 0 Å². The lowest BCUT2D eigenvalue weighted by molar-refractivity contribution is 0.0697. The summed E-state index contributed by atoms with van der Waals surface area (Å²) in [5.41, 5.74) is 4.41. The van der Waals surface area contributed by atoms with Crippen LogP contribution in [0.1, 0.15) is 16.8 Å². The number of benzene rings is 3. The molecule has 0 fully saturated rings. The van der Waals surface area contributed by atoms with Crippen molar-refractivity contribution in [1.82, 2.24) is 0 Å². The molecule has 0 bridgehead atoms. The van der Waals surface area contributed by atoms with E-state index in [1.165, 1.54) is 21.3 Å². The normalized spacial score (nSPS) is 17.9. The van der Waals surface area contributed by atoms with E-state index < -0.39 is 26.0 Å². The highest BCUT2D eigenvalue weighted by Crippen LogP contribution is 2.66. The van der Waals surface area contributed by atoms with E-state index in [1.54, 1.807) is 12.1 Å². The summed E-state index contributed by atoms with van der Waals surface area (Å²) in [4.78, 5) is 14.3. The van der Waals surface area contributed by atoms with Crippen LogP contribution in [-0.2, 0) is 0 Å². The largest absolute Gasteiger partial charge is 0.493 e. The first kappa shape index (κ1) is 24.7. The minimum absolute atomic E-state index is 0.0948. The highest BCUT2D eigenvalue weighted by atomic mass is 32.3. The van der Waals surface area contributed by atoms with E-state index in [9.17, 15) is 15.0 Å². The third-order valence-corrected chi connectivity index (χ3v) is 12.5. The summed E-state index contributed by atoms with van der Waals surface area (Å²) in [7, 11) is -1.65. The number of aliphatic hydroxyl groups is 1. The summed E-state index contributed by atoms with van der Waals surface area (Å²) in [6, 6.07) is 20.0. The average molecular weight is 499 g/mol. The number of fused-ring (bicyclic) bond motifs is 1. The molecule has 0 atom stereocenters. The Kier molecular flexibility index (Phi) is 7.04. The van der Waals surface area contributed by atoms with Crippen LogP contribution in [0, 0.1) is 0 Å². The van der Waals surface area contributed by atoms with Crippen LogP contribution in [0.15, 0.2) is 70.5 Å². The minimum atomic E-state index is -0.927. The molecule has 3 aromatic carbocycles. The van der Waals surface area contributed by atoms with Gasteiger partial charge < -0.3 is 14.9 Å². The Labute approximate surface area is 205 Å². The highest BCUT2D eigenvalue weighted by Gasteiger charge is 2.32. The first-order valence-corrected chi connectivity index (χ1v) is 16.6. The Balaban J connectivity index is 1.81. The van der Waals surface area contributed by atoms with Gasteiger partial charge in [-0.25, -0.2) is 24.9 Å². The van der Waals surface area contributed by atoms with Crippen molar-refractivity contribution in [2.45, 2.75) is 16.2 Å². The fourth-order valence-electron chi connectivity index (χ4n) is 4.31. The number of hydrogen-bond acceptors (Lipinski definition) is 3. The molecule has 1 aliphatic heterocycles. The second kappa shape index (κ2) is 9.68. The lowest BCUT2D eigenvalue weighted by Gasteiger charge is -2.48.